The summed E-state index contributed by atoms with van der Waals surface area (Å²) in [6.07, 6.45) is -5.00. The van der Waals surface area contributed by atoms with Crippen LogP contribution >= 0.6 is 11.6 Å². The molecule has 0 aliphatic carbocycles. The van der Waals surface area contributed by atoms with E-state index in [0.717, 1.165) is 13.1 Å². The summed E-state index contributed by atoms with van der Waals surface area (Å²) in [7, 11) is 2.22. The van der Waals surface area contributed by atoms with Crippen LogP contribution in [0.5, 0.6) is 0 Å². The van der Waals surface area contributed by atoms with Gasteiger partial charge in [-0.2, -0.15) is 13.2 Å². The molecule has 14 heteroatoms. The lowest BCUT2D eigenvalue weighted by Crippen LogP contribution is -2.41. The monoisotopic (exact) mass is 484 g/mol. The molecule has 1 amide bonds. The van der Waals surface area contributed by atoms with Gasteiger partial charge in [0, 0.05) is 26.2 Å². The second-order valence-electron chi connectivity index (χ2n) is 6.65. The van der Waals surface area contributed by atoms with Gasteiger partial charge >= 0.3 is 11.9 Å². The highest BCUT2D eigenvalue weighted by Gasteiger charge is 2.35. The van der Waals surface area contributed by atoms with Gasteiger partial charge in [0.05, 0.1) is 16.3 Å². The summed E-state index contributed by atoms with van der Waals surface area (Å²) in [6.45, 7) is 3.42. The molecule has 1 aromatic carbocycles. The minimum absolute atomic E-state index is 0.127. The van der Waals surface area contributed by atoms with E-state index in [-0.39, 0.29) is 21.2 Å². The van der Waals surface area contributed by atoms with Gasteiger partial charge in [-0.3, -0.25) is 18.9 Å². The van der Waals surface area contributed by atoms with Crippen LogP contribution in [0.3, 0.4) is 0 Å². The zero-order valence-electron chi connectivity index (χ0n) is 16.6. The molecule has 1 aromatic heterocycles. The Kier molecular flexibility index (Phi) is 7.13. The van der Waals surface area contributed by atoms with Crippen LogP contribution < -0.4 is 16.0 Å². The molecular formula is C17H17ClF4N4O4S. The largest absolute Gasteiger partial charge is 0.431 e. The molecule has 1 heterocycles. The molecule has 0 radical (unpaired) electrons. The summed E-state index contributed by atoms with van der Waals surface area (Å²) in [6, 6.07) is 1.25. The Morgan fingerprint density at radius 1 is 1.23 bits per heavy atom. The Hall–Kier alpha value is -2.51. The quantitative estimate of drug-likeness (QED) is 0.657. The lowest BCUT2D eigenvalue weighted by atomic mass is 10.1. The maximum absolute atomic E-state index is 14.5. The Balaban J connectivity index is 2.63. The van der Waals surface area contributed by atoms with Gasteiger partial charge in [0.1, 0.15) is 11.5 Å². The number of hydrogen-bond acceptors (Lipinski definition) is 4. The van der Waals surface area contributed by atoms with Crippen molar-refractivity contribution >= 4 is 28.7 Å². The van der Waals surface area contributed by atoms with Crippen LogP contribution in [0.4, 0.5) is 17.6 Å². The van der Waals surface area contributed by atoms with Gasteiger partial charge in [0.25, 0.3) is 11.5 Å². The third-order valence-corrected chi connectivity index (χ3v) is 5.92. The van der Waals surface area contributed by atoms with Gasteiger partial charge in [-0.1, -0.05) is 11.6 Å². The maximum Gasteiger partial charge on any atom is 0.431 e. The van der Waals surface area contributed by atoms with Crippen molar-refractivity contribution in [3.05, 3.63) is 61.1 Å². The molecule has 1 atom stereocenters. The van der Waals surface area contributed by atoms with Crippen molar-refractivity contribution in [1.29, 1.82) is 0 Å². The van der Waals surface area contributed by atoms with Gasteiger partial charge < -0.3 is 0 Å². The number of aromatic nitrogens is 2. The normalized spacial score (nSPS) is 13.0. The Labute approximate surface area is 180 Å². The average Bonchev–Trinajstić information content (AvgIpc) is 2.64. The summed E-state index contributed by atoms with van der Waals surface area (Å²) in [5.74, 6) is -2.25. The van der Waals surface area contributed by atoms with E-state index in [1.807, 2.05) is 0 Å². The number of carbonyl (C=O) groups is 1. The van der Waals surface area contributed by atoms with Crippen molar-refractivity contribution in [2.75, 3.05) is 7.05 Å². The second-order valence-corrected chi connectivity index (χ2v) is 8.33. The first-order chi connectivity index (χ1) is 14.2. The van der Waals surface area contributed by atoms with Crippen LogP contribution in [-0.2, 0) is 24.4 Å². The lowest BCUT2D eigenvalue weighted by molar-refractivity contribution is -0.144. The van der Waals surface area contributed by atoms with Gasteiger partial charge in [0.2, 0.25) is 0 Å². The van der Waals surface area contributed by atoms with E-state index in [1.165, 1.54) is 11.4 Å². The number of nitrogens with one attached hydrogen (secondary N) is 1. The van der Waals surface area contributed by atoms with Crippen LogP contribution in [0.15, 0.2) is 27.8 Å². The zero-order chi connectivity index (χ0) is 23.8. The molecule has 31 heavy (non-hydrogen) atoms. The molecule has 170 valence electrons. The molecule has 0 saturated heterocycles. The number of hydrogen-bond donors (Lipinski definition) is 1. The fraction of sp³-hybridized carbons (Fsp3) is 0.353. The average molecular weight is 485 g/mol. The number of carbonyl (C=O) groups excluding carboxylic acids is 1. The molecular weight excluding hydrogens is 468 g/mol. The van der Waals surface area contributed by atoms with Gasteiger partial charge in [-0.15, -0.1) is 0 Å². The lowest BCUT2D eigenvalue weighted by Gasteiger charge is -2.20. The topological polar surface area (TPSA) is 93.4 Å². The van der Waals surface area contributed by atoms with Crippen molar-refractivity contribution in [2.45, 2.75) is 26.1 Å². The van der Waals surface area contributed by atoms with E-state index >= 15 is 0 Å². The van der Waals surface area contributed by atoms with E-state index in [1.54, 1.807) is 13.8 Å². The Morgan fingerprint density at radius 2 is 1.81 bits per heavy atom. The first-order valence-corrected chi connectivity index (χ1v) is 10.0. The number of rotatable bonds is 5. The van der Waals surface area contributed by atoms with Crippen molar-refractivity contribution in [3.8, 4) is 5.69 Å². The van der Waals surface area contributed by atoms with Gasteiger partial charge in [-0.05, 0) is 26.0 Å². The summed E-state index contributed by atoms with van der Waals surface area (Å²) < 4.78 is 69.3. The standard InChI is InChI=1S/C17H17ClF4N4O4S/c1-8(2)25(4)31(30)23-15(28)9-5-12(11(19)6-10(9)18)26-14(27)7-13(17(20,21)22)24(3)16(26)29/h5-8H,1-4H3,(H,23,28). The van der Waals surface area contributed by atoms with E-state index in [9.17, 15) is 36.2 Å². The van der Waals surface area contributed by atoms with Crippen LogP contribution in [-0.4, -0.2) is 36.6 Å². The fourth-order valence-electron chi connectivity index (χ4n) is 2.40. The van der Waals surface area contributed by atoms with Gasteiger partial charge in [-0.25, -0.2) is 22.3 Å². The molecule has 1 N–H and O–H groups in total. The molecule has 0 fully saturated rings. The maximum atomic E-state index is 14.5. The number of benzene rings is 1. The molecule has 0 bridgehead atoms. The van der Waals surface area contributed by atoms with Crippen LogP contribution in [0, 0.1) is 5.82 Å². The van der Waals surface area contributed by atoms with Crippen molar-refractivity contribution < 1.29 is 26.6 Å². The third-order valence-electron chi connectivity index (χ3n) is 4.30. The SMILES string of the molecule is CC(C)N(C)S(=O)NC(=O)c1cc(-n2c(=O)cc(C(F)(F)F)n(C)c2=O)c(F)cc1Cl. The van der Waals surface area contributed by atoms with Crippen LogP contribution in [0.25, 0.3) is 5.69 Å². The molecule has 0 spiro atoms. The summed E-state index contributed by atoms with van der Waals surface area (Å²) >= 11 is 3.88. The van der Waals surface area contributed by atoms with E-state index in [2.05, 4.69) is 4.72 Å². The van der Waals surface area contributed by atoms with Crippen molar-refractivity contribution in [1.82, 2.24) is 18.2 Å². The number of alkyl halides is 3. The number of nitrogens with zero attached hydrogens (tertiary/aromatic N) is 3. The summed E-state index contributed by atoms with van der Waals surface area (Å²) in [5, 5.41) is -0.431. The summed E-state index contributed by atoms with van der Waals surface area (Å²) in [4.78, 5) is 37.1. The molecule has 2 aromatic rings. The molecule has 0 aliphatic heterocycles. The van der Waals surface area contributed by atoms with Gasteiger partial charge in [0.15, 0.2) is 11.2 Å². The molecule has 0 aliphatic rings. The third kappa shape index (κ3) is 5.05. The van der Waals surface area contributed by atoms with E-state index in [0.29, 0.717) is 6.07 Å². The van der Waals surface area contributed by atoms with Crippen molar-refractivity contribution in [3.63, 3.8) is 0 Å². The predicted molar refractivity (Wildman–Crippen MR) is 106 cm³/mol. The highest BCUT2D eigenvalue weighted by atomic mass is 35.5. The van der Waals surface area contributed by atoms with Crippen molar-refractivity contribution in [2.24, 2.45) is 7.05 Å². The van der Waals surface area contributed by atoms with E-state index in [4.69, 9.17) is 11.6 Å². The first-order valence-electron chi connectivity index (χ1n) is 8.52. The van der Waals surface area contributed by atoms with Crippen LogP contribution in [0.1, 0.15) is 29.9 Å². The molecule has 8 nitrogen and oxygen atoms in total. The minimum Gasteiger partial charge on any atom is -0.292 e. The first kappa shape index (κ1) is 24.8. The Bertz CT molecular complexity index is 1180. The summed E-state index contributed by atoms with van der Waals surface area (Å²) in [5.41, 5.74) is -5.73. The zero-order valence-corrected chi connectivity index (χ0v) is 18.2. The second kappa shape index (κ2) is 8.93. The fourth-order valence-corrected chi connectivity index (χ4v) is 3.43. The highest BCUT2D eigenvalue weighted by Crippen LogP contribution is 2.27. The molecule has 2 rings (SSSR count). The number of halogens is 5. The van der Waals surface area contributed by atoms with E-state index < -0.39 is 62.3 Å². The smallest absolute Gasteiger partial charge is 0.292 e. The number of amides is 1. The molecule has 1 unspecified atom stereocenters. The predicted octanol–water partition coefficient (Wildman–Crippen LogP) is 2.00. The Morgan fingerprint density at radius 3 is 2.32 bits per heavy atom. The minimum atomic E-state index is -5.00. The highest BCUT2D eigenvalue weighted by molar-refractivity contribution is 7.81. The van der Waals surface area contributed by atoms with Crippen LogP contribution in [0.2, 0.25) is 5.02 Å². The molecule has 0 saturated carbocycles.